The Labute approximate surface area is 111 Å². The Morgan fingerprint density at radius 2 is 2.21 bits per heavy atom. The van der Waals surface area contributed by atoms with Crippen molar-refractivity contribution in [2.75, 3.05) is 11.1 Å². The Bertz CT molecular complexity index is 680. The van der Waals surface area contributed by atoms with E-state index in [1.54, 1.807) is 5.38 Å². The van der Waals surface area contributed by atoms with Crippen LogP contribution >= 0.6 is 11.3 Å². The Morgan fingerprint density at radius 1 is 1.47 bits per heavy atom. The number of nitrogens with one attached hydrogen (secondary N) is 2. The van der Waals surface area contributed by atoms with Crippen molar-refractivity contribution in [2.45, 2.75) is 6.54 Å². The average Bonchev–Trinajstić information content (AvgIpc) is 2.73. The number of halogens is 1. The molecule has 100 valence electrons. The highest BCUT2D eigenvalue weighted by Crippen LogP contribution is 2.22. The lowest BCUT2D eigenvalue weighted by atomic mass is 10.1. The maximum absolute atomic E-state index is 13.6. The monoisotopic (exact) mass is 282 g/mol. The fraction of sp³-hybridized carbons (Fsp3) is 0.0909. The number of thiazole rings is 1. The van der Waals surface area contributed by atoms with Crippen molar-refractivity contribution in [1.82, 2.24) is 4.98 Å². The van der Waals surface area contributed by atoms with Crippen LogP contribution in [0, 0.1) is 5.82 Å². The summed E-state index contributed by atoms with van der Waals surface area (Å²) in [5, 5.41) is 4.39. The summed E-state index contributed by atoms with van der Waals surface area (Å²) < 4.78 is 13.6. The number of carbonyl (C=O) groups is 1. The number of aromatic nitrogens is 1. The second kappa shape index (κ2) is 5.11. The van der Waals surface area contributed by atoms with Crippen LogP contribution in [0.15, 0.2) is 22.3 Å². The van der Waals surface area contributed by atoms with Crippen molar-refractivity contribution in [3.63, 3.8) is 0 Å². The molecule has 8 heteroatoms. The van der Waals surface area contributed by atoms with Gasteiger partial charge in [-0.05, 0) is 12.1 Å². The summed E-state index contributed by atoms with van der Waals surface area (Å²) in [4.78, 5) is 24.4. The van der Waals surface area contributed by atoms with Gasteiger partial charge in [-0.2, -0.15) is 0 Å². The van der Waals surface area contributed by atoms with E-state index in [-0.39, 0.29) is 28.4 Å². The third-order valence-electron chi connectivity index (χ3n) is 2.44. The molecule has 0 spiro atoms. The molecule has 0 saturated carbocycles. The molecule has 0 saturated heterocycles. The molecule has 1 aromatic carbocycles. The number of anilines is 2. The van der Waals surface area contributed by atoms with Gasteiger partial charge in [0.1, 0.15) is 5.82 Å². The van der Waals surface area contributed by atoms with Crippen LogP contribution in [0.4, 0.5) is 15.8 Å². The van der Waals surface area contributed by atoms with E-state index in [9.17, 15) is 14.0 Å². The number of carbonyl (C=O) groups excluding carboxylic acids is 1. The summed E-state index contributed by atoms with van der Waals surface area (Å²) in [7, 11) is 0. The van der Waals surface area contributed by atoms with Crippen molar-refractivity contribution in [3.8, 4) is 0 Å². The average molecular weight is 282 g/mol. The highest BCUT2D eigenvalue weighted by molar-refractivity contribution is 7.07. The van der Waals surface area contributed by atoms with Gasteiger partial charge in [-0.25, -0.2) is 4.39 Å². The lowest BCUT2D eigenvalue weighted by Crippen LogP contribution is -2.15. The number of nitrogens with two attached hydrogens (primary N) is 2. The van der Waals surface area contributed by atoms with E-state index in [0.29, 0.717) is 5.69 Å². The summed E-state index contributed by atoms with van der Waals surface area (Å²) in [6.07, 6.45) is 0. The lowest BCUT2D eigenvalue weighted by molar-refractivity contribution is 0.100. The van der Waals surface area contributed by atoms with E-state index in [0.717, 1.165) is 17.4 Å². The van der Waals surface area contributed by atoms with E-state index in [2.05, 4.69) is 10.3 Å². The van der Waals surface area contributed by atoms with Crippen LogP contribution in [-0.2, 0) is 6.54 Å². The summed E-state index contributed by atoms with van der Waals surface area (Å²) in [6, 6.07) is 2.27. The van der Waals surface area contributed by atoms with Crippen LogP contribution in [0.1, 0.15) is 16.1 Å². The van der Waals surface area contributed by atoms with Crippen LogP contribution in [0.3, 0.4) is 0 Å². The molecule has 1 aromatic heterocycles. The van der Waals surface area contributed by atoms with Gasteiger partial charge in [0.2, 0.25) is 0 Å². The summed E-state index contributed by atoms with van der Waals surface area (Å²) >= 11 is 1.02. The Morgan fingerprint density at radius 3 is 2.79 bits per heavy atom. The quantitative estimate of drug-likeness (QED) is 0.623. The zero-order valence-electron chi connectivity index (χ0n) is 9.70. The zero-order chi connectivity index (χ0) is 14.0. The predicted octanol–water partition coefficient (Wildman–Crippen LogP) is 0.869. The lowest BCUT2D eigenvalue weighted by Gasteiger charge is -2.09. The maximum atomic E-state index is 13.6. The third-order valence-corrected chi connectivity index (χ3v) is 3.16. The topological polar surface area (TPSA) is 114 Å². The van der Waals surface area contributed by atoms with Crippen molar-refractivity contribution in [2.24, 2.45) is 5.73 Å². The molecule has 1 heterocycles. The highest BCUT2D eigenvalue weighted by Gasteiger charge is 2.11. The minimum Gasteiger partial charge on any atom is -0.398 e. The number of amides is 1. The molecule has 0 atom stereocenters. The van der Waals surface area contributed by atoms with Gasteiger partial charge in [0.15, 0.2) is 0 Å². The fourth-order valence-corrected chi connectivity index (χ4v) is 2.11. The minimum atomic E-state index is -0.732. The van der Waals surface area contributed by atoms with Crippen molar-refractivity contribution in [1.29, 1.82) is 0 Å². The van der Waals surface area contributed by atoms with Gasteiger partial charge in [-0.1, -0.05) is 11.3 Å². The third kappa shape index (κ3) is 2.91. The van der Waals surface area contributed by atoms with Crippen LogP contribution < -0.4 is 21.7 Å². The first-order chi connectivity index (χ1) is 8.97. The molecule has 0 fully saturated rings. The van der Waals surface area contributed by atoms with Gasteiger partial charge < -0.3 is 21.8 Å². The second-order valence-corrected chi connectivity index (χ2v) is 4.65. The largest absolute Gasteiger partial charge is 0.398 e. The van der Waals surface area contributed by atoms with E-state index in [1.165, 1.54) is 6.07 Å². The maximum Gasteiger partial charge on any atom is 0.304 e. The predicted molar refractivity (Wildman–Crippen MR) is 71.6 cm³/mol. The van der Waals surface area contributed by atoms with E-state index in [4.69, 9.17) is 11.5 Å². The highest BCUT2D eigenvalue weighted by atomic mass is 32.1. The molecule has 0 aliphatic carbocycles. The normalized spacial score (nSPS) is 10.4. The van der Waals surface area contributed by atoms with E-state index < -0.39 is 11.7 Å². The van der Waals surface area contributed by atoms with Crippen LogP contribution in [0.5, 0.6) is 0 Å². The molecular formula is C11H11FN4O2S. The van der Waals surface area contributed by atoms with Crippen LogP contribution in [0.2, 0.25) is 0 Å². The van der Waals surface area contributed by atoms with Crippen LogP contribution in [0.25, 0.3) is 0 Å². The first-order valence-electron chi connectivity index (χ1n) is 5.26. The molecule has 1 amide bonds. The number of nitrogen functional groups attached to an aromatic ring is 1. The van der Waals surface area contributed by atoms with Gasteiger partial charge in [-0.3, -0.25) is 9.59 Å². The van der Waals surface area contributed by atoms with Crippen molar-refractivity contribution >= 4 is 28.6 Å². The molecule has 2 rings (SSSR count). The second-order valence-electron chi connectivity index (χ2n) is 3.81. The smallest absolute Gasteiger partial charge is 0.304 e. The van der Waals surface area contributed by atoms with Gasteiger partial charge in [0.05, 0.1) is 17.8 Å². The van der Waals surface area contributed by atoms with Gasteiger partial charge in [0.25, 0.3) is 5.91 Å². The zero-order valence-corrected chi connectivity index (χ0v) is 10.5. The summed E-state index contributed by atoms with van der Waals surface area (Å²) in [6.45, 7) is 0.220. The molecule has 0 aliphatic heterocycles. The van der Waals surface area contributed by atoms with Crippen molar-refractivity contribution in [3.05, 3.63) is 44.3 Å². The fourth-order valence-electron chi connectivity index (χ4n) is 1.53. The Balaban J connectivity index is 2.22. The standard InChI is InChI=1S/C11H11FN4O2S/c12-7-2-8(13)6(10(14)17)1-9(7)15-3-5-4-19-11(18)16-5/h1-2,4,15H,3,13H2,(H2,14,17)(H,16,18). The molecule has 0 radical (unpaired) electrons. The Kier molecular flexibility index (Phi) is 3.52. The number of H-pyrrole nitrogens is 1. The van der Waals surface area contributed by atoms with Gasteiger partial charge >= 0.3 is 4.87 Å². The molecule has 6 N–H and O–H groups in total. The van der Waals surface area contributed by atoms with E-state index >= 15 is 0 Å². The number of hydrogen-bond acceptors (Lipinski definition) is 5. The molecule has 0 bridgehead atoms. The van der Waals surface area contributed by atoms with Crippen LogP contribution in [-0.4, -0.2) is 10.9 Å². The summed E-state index contributed by atoms with van der Waals surface area (Å²) in [5.74, 6) is -1.33. The first-order valence-corrected chi connectivity index (χ1v) is 6.14. The number of primary amides is 1. The van der Waals surface area contributed by atoms with Gasteiger partial charge in [-0.15, -0.1) is 0 Å². The molecule has 0 unspecified atom stereocenters. The number of rotatable bonds is 4. The van der Waals surface area contributed by atoms with Gasteiger partial charge in [0, 0.05) is 16.8 Å². The first kappa shape index (κ1) is 13.1. The molecule has 2 aromatic rings. The number of benzene rings is 1. The molecule has 19 heavy (non-hydrogen) atoms. The molecule has 6 nitrogen and oxygen atoms in total. The minimum absolute atomic E-state index is 0.0144. The SMILES string of the molecule is NC(=O)c1cc(NCc2csc(=O)[nH]2)c(F)cc1N. The molecular weight excluding hydrogens is 271 g/mol. The Hall–Kier alpha value is -2.35. The van der Waals surface area contributed by atoms with E-state index in [1.807, 2.05) is 0 Å². The number of hydrogen-bond donors (Lipinski definition) is 4. The van der Waals surface area contributed by atoms with Crippen molar-refractivity contribution < 1.29 is 9.18 Å². The molecule has 0 aliphatic rings. The summed E-state index contributed by atoms with van der Waals surface area (Å²) in [5.41, 5.74) is 11.4. The number of aromatic amines is 1.